The Morgan fingerprint density at radius 3 is 2.89 bits per heavy atom. The van der Waals surface area contributed by atoms with Crippen molar-refractivity contribution in [2.45, 2.75) is 25.8 Å². The molecule has 5 heteroatoms. The molecule has 2 rings (SSSR count). The number of aryl methyl sites for hydroxylation is 1. The molecule has 0 aliphatic carbocycles. The molecule has 96 valence electrons. The summed E-state index contributed by atoms with van der Waals surface area (Å²) in [6.45, 7) is 2.47. The van der Waals surface area contributed by atoms with Crippen LogP contribution < -0.4 is 0 Å². The second-order valence-electron chi connectivity index (χ2n) is 4.43. The largest absolute Gasteiger partial charge is 0.467 e. The molecular formula is C13H16N2O3. The summed E-state index contributed by atoms with van der Waals surface area (Å²) < 4.78 is 4.73. The quantitative estimate of drug-likeness (QED) is 0.737. The fourth-order valence-corrected chi connectivity index (χ4v) is 2.23. The number of carbonyl (C=O) groups is 2. The SMILES string of the molecule is COC(=O)C1CCCN1C(=O)c1cncc(C)c1. The topological polar surface area (TPSA) is 59.5 Å². The lowest BCUT2D eigenvalue weighted by Gasteiger charge is -2.22. The van der Waals surface area contributed by atoms with E-state index >= 15 is 0 Å². The second kappa shape index (κ2) is 5.16. The summed E-state index contributed by atoms with van der Waals surface area (Å²) in [4.78, 5) is 29.5. The number of rotatable bonds is 2. The van der Waals surface area contributed by atoms with Gasteiger partial charge >= 0.3 is 5.97 Å². The molecule has 0 spiro atoms. The van der Waals surface area contributed by atoms with Gasteiger partial charge in [-0.15, -0.1) is 0 Å². The number of ether oxygens (including phenoxy) is 1. The van der Waals surface area contributed by atoms with Gasteiger partial charge in [0.05, 0.1) is 12.7 Å². The molecule has 2 heterocycles. The minimum Gasteiger partial charge on any atom is -0.467 e. The molecule has 1 amide bonds. The van der Waals surface area contributed by atoms with E-state index in [1.165, 1.54) is 13.3 Å². The van der Waals surface area contributed by atoms with Crippen molar-refractivity contribution in [2.24, 2.45) is 0 Å². The van der Waals surface area contributed by atoms with Crippen LogP contribution in [0.4, 0.5) is 0 Å². The number of esters is 1. The number of hydrogen-bond acceptors (Lipinski definition) is 4. The maximum atomic E-state index is 12.3. The maximum Gasteiger partial charge on any atom is 0.328 e. The zero-order valence-electron chi connectivity index (χ0n) is 10.5. The van der Waals surface area contributed by atoms with Crippen LogP contribution in [0.3, 0.4) is 0 Å². The number of amides is 1. The van der Waals surface area contributed by atoms with Crippen LogP contribution in [0.5, 0.6) is 0 Å². The number of likely N-dealkylation sites (tertiary alicyclic amines) is 1. The Hall–Kier alpha value is -1.91. The molecule has 1 aromatic heterocycles. The smallest absolute Gasteiger partial charge is 0.328 e. The Morgan fingerprint density at radius 1 is 1.44 bits per heavy atom. The highest BCUT2D eigenvalue weighted by atomic mass is 16.5. The molecule has 1 atom stereocenters. The first-order valence-electron chi connectivity index (χ1n) is 5.94. The average molecular weight is 248 g/mol. The van der Waals surface area contributed by atoms with Crippen LogP contribution >= 0.6 is 0 Å². The van der Waals surface area contributed by atoms with Crippen LogP contribution in [-0.4, -0.2) is 41.5 Å². The Kier molecular flexibility index (Phi) is 3.60. The standard InChI is InChI=1S/C13H16N2O3/c1-9-6-10(8-14-7-9)12(16)15-5-3-4-11(15)13(17)18-2/h6-8,11H,3-5H2,1-2H3. The third kappa shape index (κ3) is 2.34. The molecular weight excluding hydrogens is 232 g/mol. The Morgan fingerprint density at radius 2 is 2.22 bits per heavy atom. The van der Waals surface area contributed by atoms with Gasteiger partial charge in [0.2, 0.25) is 0 Å². The summed E-state index contributed by atoms with van der Waals surface area (Å²) in [5.74, 6) is -0.499. The molecule has 1 aliphatic rings. The van der Waals surface area contributed by atoms with Crippen molar-refractivity contribution in [3.8, 4) is 0 Å². The van der Waals surface area contributed by atoms with E-state index in [1.807, 2.05) is 6.92 Å². The van der Waals surface area contributed by atoms with Gasteiger partial charge in [0.15, 0.2) is 0 Å². The molecule has 0 bridgehead atoms. The molecule has 0 saturated carbocycles. The Balaban J connectivity index is 2.20. The molecule has 1 aromatic rings. The molecule has 5 nitrogen and oxygen atoms in total. The van der Waals surface area contributed by atoms with E-state index < -0.39 is 6.04 Å². The van der Waals surface area contributed by atoms with E-state index in [0.717, 1.165) is 12.0 Å². The molecule has 1 aliphatic heterocycles. The Bertz CT molecular complexity index is 473. The van der Waals surface area contributed by atoms with E-state index in [9.17, 15) is 9.59 Å². The molecule has 1 saturated heterocycles. The van der Waals surface area contributed by atoms with Gasteiger partial charge in [-0.1, -0.05) is 0 Å². The van der Waals surface area contributed by atoms with E-state index in [0.29, 0.717) is 18.5 Å². The van der Waals surface area contributed by atoms with Crippen molar-refractivity contribution >= 4 is 11.9 Å². The number of pyridine rings is 1. The summed E-state index contributed by atoms with van der Waals surface area (Å²) in [5, 5.41) is 0. The molecule has 0 radical (unpaired) electrons. The summed E-state index contributed by atoms with van der Waals surface area (Å²) in [6.07, 6.45) is 4.71. The number of hydrogen-bond donors (Lipinski definition) is 0. The van der Waals surface area contributed by atoms with Gasteiger partial charge in [-0.25, -0.2) is 4.79 Å². The van der Waals surface area contributed by atoms with Crippen LogP contribution in [0, 0.1) is 6.92 Å². The van der Waals surface area contributed by atoms with E-state index in [-0.39, 0.29) is 11.9 Å². The molecule has 0 N–H and O–H groups in total. The van der Waals surface area contributed by atoms with Gasteiger partial charge in [0, 0.05) is 18.9 Å². The van der Waals surface area contributed by atoms with Crippen molar-refractivity contribution in [1.29, 1.82) is 0 Å². The predicted octanol–water partition coefficient (Wildman–Crippen LogP) is 1.17. The van der Waals surface area contributed by atoms with Crippen molar-refractivity contribution in [1.82, 2.24) is 9.88 Å². The van der Waals surface area contributed by atoms with Gasteiger partial charge in [0.1, 0.15) is 6.04 Å². The summed E-state index contributed by atoms with van der Waals surface area (Å²) in [7, 11) is 1.34. The van der Waals surface area contributed by atoms with Gasteiger partial charge in [0.25, 0.3) is 5.91 Å². The lowest BCUT2D eigenvalue weighted by molar-refractivity contribution is -0.145. The van der Waals surface area contributed by atoms with Crippen molar-refractivity contribution in [3.63, 3.8) is 0 Å². The number of carbonyl (C=O) groups excluding carboxylic acids is 2. The van der Waals surface area contributed by atoms with Crippen LogP contribution in [0.15, 0.2) is 18.5 Å². The minimum atomic E-state index is -0.456. The van der Waals surface area contributed by atoms with Crippen LogP contribution in [0.2, 0.25) is 0 Å². The first kappa shape index (κ1) is 12.5. The second-order valence-corrected chi connectivity index (χ2v) is 4.43. The number of nitrogens with zero attached hydrogens (tertiary/aromatic N) is 2. The van der Waals surface area contributed by atoms with Crippen molar-refractivity contribution < 1.29 is 14.3 Å². The minimum absolute atomic E-state index is 0.154. The fraction of sp³-hybridized carbons (Fsp3) is 0.462. The first-order valence-corrected chi connectivity index (χ1v) is 5.94. The van der Waals surface area contributed by atoms with Gasteiger partial charge < -0.3 is 9.64 Å². The van der Waals surface area contributed by atoms with E-state index in [1.54, 1.807) is 17.2 Å². The average Bonchev–Trinajstić information content (AvgIpc) is 2.86. The van der Waals surface area contributed by atoms with Crippen molar-refractivity contribution in [3.05, 3.63) is 29.6 Å². The predicted molar refractivity (Wildman–Crippen MR) is 65.0 cm³/mol. The molecule has 0 aromatic carbocycles. The molecule has 18 heavy (non-hydrogen) atoms. The third-order valence-corrected chi connectivity index (χ3v) is 3.11. The highest BCUT2D eigenvalue weighted by molar-refractivity contribution is 5.97. The maximum absolute atomic E-state index is 12.3. The van der Waals surface area contributed by atoms with E-state index in [4.69, 9.17) is 4.74 Å². The monoisotopic (exact) mass is 248 g/mol. The highest BCUT2D eigenvalue weighted by Crippen LogP contribution is 2.21. The summed E-state index contributed by atoms with van der Waals surface area (Å²) in [5.41, 5.74) is 1.44. The summed E-state index contributed by atoms with van der Waals surface area (Å²) >= 11 is 0. The molecule has 1 unspecified atom stereocenters. The number of aromatic nitrogens is 1. The lowest BCUT2D eigenvalue weighted by atomic mass is 10.1. The van der Waals surface area contributed by atoms with Crippen molar-refractivity contribution in [2.75, 3.05) is 13.7 Å². The van der Waals surface area contributed by atoms with Crippen LogP contribution in [0.25, 0.3) is 0 Å². The van der Waals surface area contributed by atoms with Gasteiger partial charge in [-0.05, 0) is 31.4 Å². The number of methoxy groups -OCH3 is 1. The molecule has 1 fully saturated rings. The Labute approximate surface area is 106 Å². The zero-order chi connectivity index (χ0) is 13.1. The lowest BCUT2D eigenvalue weighted by Crippen LogP contribution is -2.41. The third-order valence-electron chi connectivity index (χ3n) is 3.11. The zero-order valence-corrected chi connectivity index (χ0v) is 10.5. The van der Waals surface area contributed by atoms with Gasteiger partial charge in [-0.2, -0.15) is 0 Å². The van der Waals surface area contributed by atoms with Gasteiger partial charge in [-0.3, -0.25) is 9.78 Å². The fourth-order valence-electron chi connectivity index (χ4n) is 2.23. The summed E-state index contributed by atoms with van der Waals surface area (Å²) in [6, 6.07) is 1.32. The first-order chi connectivity index (χ1) is 8.63. The highest BCUT2D eigenvalue weighted by Gasteiger charge is 2.35. The normalized spacial score (nSPS) is 18.8. The van der Waals surface area contributed by atoms with Crippen LogP contribution in [0.1, 0.15) is 28.8 Å². The van der Waals surface area contributed by atoms with E-state index in [2.05, 4.69) is 4.98 Å². The van der Waals surface area contributed by atoms with Crippen LogP contribution in [-0.2, 0) is 9.53 Å².